The van der Waals surface area contributed by atoms with E-state index in [-0.39, 0.29) is 6.29 Å². The van der Waals surface area contributed by atoms with Crippen molar-refractivity contribution in [2.45, 2.75) is 57.7 Å². The fraction of sp³-hybridized carbons (Fsp3) is 0.846. The highest BCUT2D eigenvalue weighted by Crippen LogP contribution is 2.21. The molecule has 0 aromatic rings. The second-order valence-corrected chi connectivity index (χ2v) is 4.53. The Bertz CT molecular complexity index is 205. The van der Waals surface area contributed by atoms with Crippen LogP contribution in [0.2, 0.25) is 0 Å². The summed E-state index contributed by atoms with van der Waals surface area (Å²) in [6, 6.07) is 0. The van der Waals surface area contributed by atoms with Gasteiger partial charge in [0.1, 0.15) is 0 Å². The molecule has 0 aromatic carbocycles. The molecule has 2 nitrogen and oxygen atoms in total. The molecular weight excluding hydrogens is 188 g/mol. The van der Waals surface area contributed by atoms with Gasteiger partial charge in [0, 0.05) is 6.61 Å². The van der Waals surface area contributed by atoms with Gasteiger partial charge in [0.05, 0.1) is 6.61 Å². The number of ether oxygens (including phenoxy) is 2. The molecule has 0 bridgehead atoms. The second kappa shape index (κ2) is 6.29. The van der Waals surface area contributed by atoms with Crippen LogP contribution < -0.4 is 0 Å². The zero-order chi connectivity index (χ0) is 10.3. The summed E-state index contributed by atoms with van der Waals surface area (Å²) < 4.78 is 11.2. The fourth-order valence-electron chi connectivity index (χ4n) is 2.30. The lowest BCUT2D eigenvalue weighted by molar-refractivity contribution is -0.161. The van der Waals surface area contributed by atoms with E-state index in [9.17, 15) is 0 Å². The molecule has 0 spiro atoms. The molecular formula is C13H22O2. The van der Waals surface area contributed by atoms with Crippen molar-refractivity contribution >= 4 is 0 Å². The van der Waals surface area contributed by atoms with Crippen LogP contribution in [0.4, 0.5) is 0 Å². The SMILES string of the molecule is C1=C(CCOC2CCCCO2)CCCC1. The Kier molecular flexibility index (Phi) is 4.68. The lowest BCUT2D eigenvalue weighted by Crippen LogP contribution is -2.22. The van der Waals surface area contributed by atoms with Crippen molar-refractivity contribution in [3.05, 3.63) is 11.6 Å². The summed E-state index contributed by atoms with van der Waals surface area (Å²) in [4.78, 5) is 0. The number of hydrogen-bond donors (Lipinski definition) is 0. The first-order valence-corrected chi connectivity index (χ1v) is 6.36. The van der Waals surface area contributed by atoms with Gasteiger partial charge in [-0.2, -0.15) is 0 Å². The minimum atomic E-state index is 0.0861. The van der Waals surface area contributed by atoms with Crippen molar-refractivity contribution < 1.29 is 9.47 Å². The molecule has 1 unspecified atom stereocenters. The Morgan fingerprint density at radius 2 is 2.27 bits per heavy atom. The summed E-state index contributed by atoms with van der Waals surface area (Å²) in [6.07, 6.45) is 12.4. The van der Waals surface area contributed by atoms with E-state index in [2.05, 4.69) is 6.08 Å². The van der Waals surface area contributed by atoms with E-state index < -0.39 is 0 Å². The Balaban J connectivity index is 1.59. The monoisotopic (exact) mass is 210 g/mol. The average Bonchev–Trinajstić information content (AvgIpc) is 2.32. The zero-order valence-corrected chi connectivity index (χ0v) is 9.54. The molecule has 1 saturated heterocycles. The molecule has 0 radical (unpaired) electrons. The van der Waals surface area contributed by atoms with Crippen LogP contribution in [0.3, 0.4) is 0 Å². The van der Waals surface area contributed by atoms with E-state index in [1.54, 1.807) is 5.57 Å². The van der Waals surface area contributed by atoms with Crippen molar-refractivity contribution in [2.75, 3.05) is 13.2 Å². The maximum atomic E-state index is 5.72. The predicted octanol–water partition coefficient (Wildman–Crippen LogP) is 3.42. The predicted molar refractivity (Wildman–Crippen MR) is 60.7 cm³/mol. The van der Waals surface area contributed by atoms with E-state index in [1.807, 2.05) is 0 Å². The third-order valence-corrected chi connectivity index (χ3v) is 3.25. The molecule has 1 fully saturated rings. The molecule has 0 amide bonds. The second-order valence-electron chi connectivity index (χ2n) is 4.53. The van der Waals surface area contributed by atoms with Gasteiger partial charge in [0.15, 0.2) is 6.29 Å². The summed E-state index contributed by atoms with van der Waals surface area (Å²) in [5.41, 5.74) is 1.59. The van der Waals surface area contributed by atoms with Gasteiger partial charge in [-0.3, -0.25) is 0 Å². The van der Waals surface area contributed by atoms with Gasteiger partial charge in [-0.05, 0) is 51.4 Å². The van der Waals surface area contributed by atoms with Crippen LogP contribution in [0.1, 0.15) is 51.4 Å². The van der Waals surface area contributed by atoms with Crippen molar-refractivity contribution in [1.82, 2.24) is 0 Å². The Morgan fingerprint density at radius 3 is 3.00 bits per heavy atom. The molecule has 86 valence electrons. The molecule has 2 aliphatic rings. The Labute approximate surface area is 92.6 Å². The maximum absolute atomic E-state index is 5.72. The van der Waals surface area contributed by atoms with Gasteiger partial charge in [-0.1, -0.05) is 11.6 Å². The lowest BCUT2D eigenvalue weighted by Gasteiger charge is -2.23. The topological polar surface area (TPSA) is 18.5 Å². The lowest BCUT2D eigenvalue weighted by atomic mass is 9.98. The highest BCUT2D eigenvalue weighted by atomic mass is 16.7. The van der Waals surface area contributed by atoms with Crippen LogP contribution >= 0.6 is 0 Å². The minimum Gasteiger partial charge on any atom is -0.353 e. The van der Waals surface area contributed by atoms with Crippen molar-refractivity contribution in [3.8, 4) is 0 Å². The molecule has 1 aliphatic carbocycles. The summed E-state index contributed by atoms with van der Waals surface area (Å²) in [5.74, 6) is 0. The summed E-state index contributed by atoms with van der Waals surface area (Å²) in [5, 5.41) is 0. The van der Waals surface area contributed by atoms with Gasteiger partial charge >= 0.3 is 0 Å². The largest absolute Gasteiger partial charge is 0.353 e. The van der Waals surface area contributed by atoms with Crippen LogP contribution in [0.25, 0.3) is 0 Å². The van der Waals surface area contributed by atoms with Crippen LogP contribution in [0.15, 0.2) is 11.6 Å². The normalized spacial score (nSPS) is 27.5. The van der Waals surface area contributed by atoms with E-state index >= 15 is 0 Å². The third-order valence-electron chi connectivity index (χ3n) is 3.25. The van der Waals surface area contributed by atoms with E-state index in [4.69, 9.17) is 9.47 Å². The standard InChI is InChI=1S/C13H22O2/c1-2-6-12(7-3-1)9-11-15-13-8-4-5-10-14-13/h6,13H,1-5,7-11H2. The number of rotatable bonds is 4. The number of hydrogen-bond acceptors (Lipinski definition) is 2. The minimum absolute atomic E-state index is 0.0861. The molecule has 1 heterocycles. The first-order valence-electron chi connectivity index (χ1n) is 6.36. The van der Waals surface area contributed by atoms with Crippen LogP contribution in [-0.2, 0) is 9.47 Å². The molecule has 15 heavy (non-hydrogen) atoms. The van der Waals surface area contributed by atoms with Crippen LogP contribution in [0, 0.1) is 0 Å². The summed E-state index contributed by atoms with van der Waals surface area (Å²) >= 11 is 0. The first-order chi connectivity index (χ1) is 7.45. The molecule has 1 aliphatic heterocycles. The summed E-state index contributed by atoms with van der Waals surface area (Å²) in [7, 11) is 0. The van der Waals surface area contributed by atoms with Gasteiger partial charge in [0.25, 0.3) is 0 Å². The third kappa shape index (κ3) is 3.96. The molecule has 1 atom stereocenters. The number of allylic oxidation sites excluding steroid dienone is 1. The van der Waals surface area contributed by atoms with Crippen molar-refractivity contribution in [1.29, 1.82) is 0 Å². The Morgan fingerprint density at radius 1 is 1.27 bits per heavy atom. The molecule has 0 saturated carbocycles. The first kappa shape index (κ1) is 11.2. The van der Waals surface area contributed by atoms with Gasteiger partial charge < -0.3 is 9.47 Å². The molecule has 0 aromatic heterocycles. The van der Waals surface area contributed by atoms with Gasteiger partial charge in [-0.15, -0.1) is 0 Å². The highest BCUT2D eigenvalue weighted by molar-refractivity contribution is 5.04. The van der Waals surface area contributed by atoms with Crippen LogP contribution in [0.5, 0.6) is 0 Å². The zero-order valence-electron chi connectivity index (χ0n) is 9.54. The van der Waals surface area contributed by atoms with Crippen molar-refractivity contribution in [3.63, 3.8) is 0 Å². The maximum Gasteiger partial charge on any atom is 0.157 e. The molecule has 2 rings (SSSR count). The molecule has 0 N–H and O–H groups in total. The van der Waals surface area contributed by atoms with E-state index in [0.717, 1.165) is 26.1 Å². The quantitative estimate of drug-likeness (QED) is 0.662. The Hall–Kier alpha value is -0.340. The van der Waals surface area contributed by atoms with Gasteiger partial charge in [0.2, 0.25) is 0 Å². The van der Waals surface area contributed by atoms with Crippen LogP contribution in [-0.4, -0.2) is 19.5 Å². The molecule has 2 heteroatoms. The fourth-order valence-corrected chi connectivity index (χ4v) is 2.30. The van der Waals surface area contributed by atoms with Crippen molar-refractivity contribution in [2.24, 2.45) is 0 Å². The average molecular weight is 210 g/mol. The summed E-state index contributed by atoms with van der Waals surface area (Å²) in [6.45, 7) is 1.73. The van der Waals surface area contributed by atoms with Gasteiger partial charge in [-0.25, -0.2) is 0 Å². The van der Waals surface area contributed by atoms with E-state index in [0.29, 0.717) is 0 Å². The highest BCUT2D eigenvalue weighted by Gasteiger charge is 2.13. The smallest absolute Gasteiger partial charge is 0.157 e. The van der Waals surface area contributed by atoms with E-state index in [1.165, 1.54) is 38.5 Å².